The molecule has 2 aliphatic heterocycles. The van der Waals surface area contributed by atoms with Gasteiger partial charge in [-0.3, -0.25) is 59.0 Å². The van der Waals surface area contributed by atoms with Gasteiger partial charge in [0.2, 0.25) is 41.4 Å². The van der Waals surface area contributed by atoms with Crippen LogP contribution in [0.25, 0.3) is 10.9 Å². The number of carboxylic acids is 1. The van der Waals surface area contributed by atoms with Crippen LogP contribution in [0.2, 0.25) is 0 Å². The first-order chi connectivity index (χ1) is 36.9. The molecule has 20 nitrogen and oxygen atoms in total. The van der Waals surface area contributed by atoms with E-state index in [1.54, 1.807) is 34.3 Å². The quantitative estimate of drug-likeness (QED) is 0.0221. The molecule has 0 saturated carbocycles. The molecule has 2 aliphatic rings. The second-order valence-corrected chi connectivity index (χ2v) is 21.5. The molecule has 0 aliphatic carbocycles. The summed E-state index contributed by atoms with van der Waals surface area (Å²) in [5, 5.41) is 16.4. The van der Waals surface area contributed by atoms with Gasteiger partial charge in [0.15, 0.2) is 5.78 Å². The number of likely N-dealkylation sites (tertiary alicyclic amines) is 2. The third-order valence-corrected chi connectivity index (χ3v) is 15.3. The predicted molar refractivity (Wildman–Crippen MR) is 300 cm³/mol. The lowest BCUT2D eigenvalue weighted by Crippen LogP contribution is -2.56. The molecule has 1 aromatic carbocycles. The smallest absolute Gasteiger partial charge is 0.326 e. The number of hydrazine groups is 1. The zero-order valence-corrected chi connectivity index (χ0v) is 49.5. The third kappa shape index (κ3) is 20.2. The summed E-state index contributed by atoms with van der Waals surface area (Å²) in [7, 11) is 5.01. The van der Waals surface area contributed by atoms with E-state index >= 15 is 0 Å². The van der Waals surface area contributed by atoms with Crippen molar-refractivity contribution in [3.63, 3.8) is 0 Å². The lowest BCUT2D eigenvalue weighted by Gasteiger charge is -2.35. The number of hydrogen-bond donors (Lipinski definition) is 6. The van der Waals surface area contributed by atoms with Crippen LogP contribution in [0.4, 0.5) is 0 Å². The normalized spacial score (nSPS) is 17.6. The van der Waals surface area contributed by atoms with E-state index in [0.717, 1.165) is 35.7 Å². The van der Waals surface area contributed by atoms with Gasteiger partial charge in [-0.1, -0.05) is 100 Å². The number of benzene rings is 1. The topological polar surface area (TPSA) is 266 Å². The maximum Gasteiger partial charge on any atom is 0.326 e. The minimum atomic E-state index is -1.10. The highest BCUT2D eigenvalue weighted by atomic mass is 16.5. The van der Waals surface area contributed by atoms with Gasteiger partial charge in [0.25, 0.3) is 0 Å². The maximum atomic E-state index is 13.4. The van der Waals surface area contributed by atoms with Crippen molar-refractivity contribution in [3.8, 4) is 0 Å². The number of nitrogens with one attached hydrogen (secondary N) is 5. The second kappa shape index (κ2) is 34.3. The Bertz CT molecular complexity index is 2250. The molecule has 2 aromatic rings. The predicted octanol–water partition coefficient (Wildman–Crippen LogP) is 6.20. The number of carbonyl (C=O) groups excluding carboxylic acids is 8. The van der Waals surface area contributed by atoms with E-state index < -0.39 is 47.9 Å². The van der Waals surface area contributed by atoms with Gasteiger partial charge >= 0.3 is 5.97 Å². The van der Waals surface area contributed by atoms with Gasteiger partial charge in [0.1, 0.15) is 12.0 Å². The standard InChI is InChI=1S/C30H45N3O6.C26H45N5O6.C2H6/c1-7-18(2)19(3)26(38-5)16-27(34)33-14-10-13-25(33)28(39-6)20(4)29(35)32-24(30(36)37)15-21-17-31-23-12-9-8-11-22(21)23;1-16(2)22(19(6)32)27-24(35)23(17(3)4)30(7)14-11-13-21(34)29-28-20(33)12-9-8-10-15-31-25(36)18(5)26(31)37;1-2/h8-9,11-12,17-20,24-26,28,31H,7,10,13-16H2,1-6H3,(H,32,35)(H,36,37);16-18,22-23H,8-15H2,1-7H3,(H,27,35)(H,28,33)(H,29,34);1-2H3/t18?,19-,20?,24-,25?,26?,28?;22-,23?;/m00./s1. The number of methoxy groups -OCH3 is 2. The number of para-hydroxylation sites is 1. The number of amides is 7. The lowest BCUT2D eigenvalue weighted by atomic mass is 9.87. The van der Waals surface area contributed by atoms with Crippen LogP contribution in [0.5, 0.6) is 0 Å². The number of carboxylic acid groups (broad SMARTS) is 1. The summed E-state index contributed by atoms with van der Waals surface area (Å²) in [5.41, 5.74) is 6.54. The number of likely N-dealkylation sites (N-methyl/N-ethyl adjacent to an activating group) is 1. The zero-order valence-electron chi connectivity index (χ0n) is 49.5. The zero-order chi connectivity index (χ0) is 59.0. The van der Waals surface area contributed by atoms with E-state index in [-0.39, 0.29) is 96.8 Å². The minimum absolute atomic E-state index is 0.00286. The first-order valence-electron chi connectivity index (χ1n) is 28.3. The molecule has 6 N–H and O–H groups in total. The first-order valence-corrected chi connectivity index (χ1v) is 28.3. The number of H-pyrrole nitrogens is 1. The van der Waals surface area contributed by atoms with Crippen LogP contribution in [0.3, 0.4) is 0 Å². The third-order valence-electron chi connectivity index (χ3n) is 15.3. The number of fused-ring (bicyclic) bond motifs is 1. The minimum Gasteiger partial charge on any atom is -0.480 e. The lowest BCUT2D eigenvalue weighted by molar-refractivity contribution is -0.164. The fourth-order valence-corrected chi connectivity index (χ4v) is 10.3. The molecule has 20 heteroatoms. The summed E-state index contributed by atoms with van der Waals surface area (Å²) in [6.07, 6.45) is 6.82. The summed E-state index contributed by atoms with van der Waals surface area (Å²) < 4.78 is 11.5. The number of aliphatic carboxylic acids is 1. The Morgan fingerprint density at radius 2 is 1.45 bits per heavy atom. The highest BCUT2D eigenvalue weighted by Crippen LogP contribution is 2.30. The number of aromatic amines is 1. The molecular formula is C58H96N8O12. The summed E-state index contributed by atoms with van der Waals surface area (Å²) in [6, 6.07) is 5.32. The number of carbonyl (C=O) groups is 9. The van der Waals surface area contributed by atoms with E-state index in [4.69, 9.17) is 9.47 Å². The molecule has 0 radical (unpaired) electrons. The molecule has 4 rings (SSSR count). The number of β-lactam (4-membered cyclic amide) rings is 2. The molecule has 7 amide bonds. The molecule has 6 unspecified atom stereocenters. The van der Waals surface area contributed by atoms with Gasteiger partial charge in [-0.25, -0.2) is 4.79 Å². The number of ether oxygens (including phenoxy) is 2. The SMILES string of the molecule is CC.CC(=O)[C@@H](NC(=O)C(C(C)C)N(C)CCCC(=O)NNC(=O)CCCCCN1C(=O)C(C)C1=O)C(C)C.CCC(C)[C@H](C)C(CC(=O)N1CCCC1C(OC)C(C)C(=O)N[C@@H](Cc1c[nH]c2ccccc12)C(=O)O)OC. The summed E-state index contributed by atoms with van der Waals surface area (Å²) >= 11 is 0. The monoisotopic (exact) mass is 1100 g/mol. The maximum absolute atomic E-state index is 13.4. The highest BCUT2D eigenvalue weighted by Gasteiger charge is 2.43. The largest absolute Gasteiger partial charge is 0.480 e. The average Bonchev–Trinajstić information content (AvgIpc) is 4.07. The molecular weight excluding hydrogens is 1000 g/mol. The summed E-state index contributed by atoms with van der Waals surface area (Å²) in [6.45, 7) is 24.3. The van der Waals surface area contributed by atoms with Crippen LogP contribution in [0.1, 0.15) is 153 Å². The molecule has 0 bridgehead atoms. The molecule has 9 atom stereocenters. The Hall–Kier alpha value is -5.73. The Morgan fingerprint density at radius 1 is 0.833 bits per heavy atom. The summed E-state index contributed by atoms with van der Waals surface area (Å²) in [4.78, 5) is 119. The Morgan fingerprint density at radius 3 is 2.00 bits per heavy atom. The van der Waals surface area contributed by atoms with Gasteiger partial charge in [-0.05, 0) is 94.8 Å². The van der Waals surface area contributed by atoms with E-state index in [1.165, 1.54) is 11.8 Å². The summed E-state index contributed by atoms with van der Waals surface area (Å²) in [5.74, 6) is -3.25. The van der Waals surface area contributed by atoms with Crippen LogP contribution < -0.4 is 21.5 Å². The molecule has 2 saturated heterocycles. The fraction of sp³-hybridized carbons (Fsp3) is 0.707. The van der Waals surface area contributed by atoms with Crippen molar-refractivity contribution in [1.29, 1.82) is 0 Å². The van der Waals surface area contributed by atoms with Gasteiger partial charge in [0.05, 0.1) is 42.7 Å². The van der Waals surface area contributed by atoms with Gasteiger partial charge in [-0.15, -0.1) is 0 Å². The number of nitrogens with zero attached hydrogens (tertiary/aromatic N) is 3. The van der Waals surface area contributed by atoms with Gasteiger partial charge < -0.3 is 35.1 Å². The van der Waals surface area contributed by atoms with Crippen LogP contribution in [-0.4, -0.2) is 155 Å². The molecule has 3 heterocycles. The van der Waals surface area contributed by atoms with E-state index in [9.17, 15) is 48.3 Å². The van der Waals surface area contributed by atoms with Crippen molar-refractivity contribution in [1.82, 2.24) is 41.2 Å². The van der Waals surface area contributed by atoms with Crippen molar-refractivity contribution in [2.75, 3.05) is 40.9 Å². The van der Waals surface area contributed by atoms with E-state index in [0.29, 0.717) is 51.2 Å². The fourth-order valence-electron chi connectivity index (χ4n) is 10.3. The van der Waals surface area contributed by atoms with Crippen molar-refractivity contribution in [2.45, 2.75) is 190 Å². The molecule has 440 valence electrons. The second-order valence-electron chi connectivity index (χ2n) is 21.5. The van der Waals surface area contributed by atoms with Crippen molar-refractivity contribution in [3.05, 3.63) is 36.0 Å². The molecule has 2 fully saturated rings. The number of unbranched alkanes of at least 4 members (excludes halogenated alkanes) is 2. The Kier molecular flexibility index (Phi) is 30.1. The number of imide groups is 1. The number of Topliss-reactive ketones (excluding diaryl/α,β-unsaturated/α-hetero) is 1. The Balaban J connectivity index is 0.000000518. The number of aromatic nitrogens is 1. The van der Waals surface area contributed by atoms with E-state index in [1.807, 2.05) is 82.7 Å². The van der Waals surface area contributed by atoms with Crippen molar-refractivity contribution in [2.24, 2.45) is 35.5 Å². The average molecular weight is 1100 g/mol. The first kappa shape index (κ1) is 68.4. The van der Waals surface area contributed by atoms with E-state index in [2.05, 4.69) is 47.2 Å². The van der Waals surface area contributed by atoms with Crippen LogP contribution in [0, 0.1) is 35.5 Å². The highest BCUT2D eigenvalue weighted by molar-refractivity contribution is 6.17. The molecule has 0 spiro atoms. The van der Waals surface area contributed by atoms with Gasteiger partial charge in [-0.2, -0.15) is 0 Å². The molecule has 78 heavy (non-hydrogen) atoms. The Labute approximate surface area is 463 Å². The molecule has 1 aromatic heterocycles. The number of hydrogen-bond acceptors (Lipinski definition) is 12. The van der Waals surface area contributed by atoms with Crippen LogP contribution in [0.15, 0.2) is 30.5 Å². The van der Waals surface area contributed by atoms with Gasteiger partial charge in [0, 0.05) is 63.7 Å². The van der Waals surface area contributed by atoms with Crippen molar-refractivity contribution >= 4 is 64.0 Å². The van der Waals surface area contributed by atoms with Crippen LogP contribution >= 0.6 is 0 Å². The number of ketones is 1. The van der Waals surface area contributed by atoms with Crippen LogP contribution in [-0.2, 0) is 59.0 Å². The van der Waals surface area contributed by atoms with Crippen molar-refractivity contribution < 1.29 is 57.7 Å². The number of rotatable bonds is 30.